The molecular weight excluding hydrogens is 456 g/mol. The summed E-state index contributed by atoms with van der Waals surface area (Å²) in [5.41, 5.74) is 4.29. The van der Waals surface area contributed by atoms with Crippen LogP contribution in [0.2, 0.25) is 0 Å². The van der Waals surface area contributed by atoms with E-state index in [0.717, 1.165) is 42.8 Å². The van der Waals surface area contributed by atoms with Gasteiger partial charge in [0.2, 0.25) is 0 Å². The molecule has 3 aromatic rings. The molecule has 8 nitrogen and oxygen atoms in total. The fourth-order valence-corrected chi connectivity index (χ4v) is 6.15. The summed E-state index contributed by atoms with van der Waals surface area (Å²) in [5, 5.41) is 19.5. The number of ketones is 1. The van der Waals surface area contributed by atoms with E-state index in [0.29, 0.717) is 47.1 Å². The molecule has 2 fully saturated rings. The molecule has 2 heterocycles. The number of hydrogen-bond acceptors (Lipinski definition) is 8. The predicted molar refractivity (Wildman–Crippen MR) is 136 cm³/mol. The molecule has 0 unspecified atom stereocenters. The summed E-state index contributed by atoms with van der Waals surface area (Å²) < 4.78 is 5.88. The number of anilines is 2. The molecule has 0 amide bonds. The first-order valence-corrected chi connectivity index (χ1v) is 13.1. The number of nitrogens with one attached hydrogen (secondary N) is 1. The second-order valence-corrected chi connectivity index (χ2v) is 10.1. The van der Waals surface area contributed by atoms with Crippen LogP contribution in [0, 0.1) is 0 Å². The average molecular weight is 488 g/mol. The third kappa shape index (κ3) is 4.03. The second-order valence-electron chi connectivity index (χ2n) is 10.1. The van der Waals surface area contributed by atoms with E-state index in [1.807, 2.05) is 30.3 Å². The number of piperazine rings is 1. The molecule has 1 N–H and O–H groups in total. The summed E-state index contributed by atoms with van der Waals surface area (Å²) in [7, 11) is 0. The molecule has 0 bridgehead atoms. The van der Waals surface area contributed by atoms with Crippen molar-refractivity contribution >= 4 is 34.0 Å². The Hall–Kier alpha value is -3.39. The van der Waals surface area contributed by atoms with Crippen LogP contribution in [-0.4, -0.2) is 60.6 Å². The number of benzene rings is 2. The number of carbonyl (C=O) groups excluding carboxylic acids is 2. The first-order chi connectivity index (χ1) is 17.6. The molecule has 0 radical (unpaired) electrons. The van der Waals surface area contributed by atoms with E-state index in [9.17, 15) is 14.7 Å². The van der Waals surface area contributed by atoms with E-state index < -0.39 is 5.97 Å². The van der Waals surface area contributed by atoms with Gasteiger partial charge in [0.25, 0.3) is 0 Å². The Bertz CT molecular complexity index is 1300. The van der Waals surface area contributed by atoms with Crippen molar-refractivity contribution in [3.63, 3.8) is 0 Å². The van der Waals surface area contributed by atoms with Crippen molar-refractivity contribution in [2.45, 2.75) is 51.0 Å². The van der Waals surface area contributed by atoms with Crippen LogP contribution in [0.25, 0.3) is 22.2 Å². The molecule has 1 saturated carbocycles. The Morgan fingerprint density at radius 3 is 2.58 bits per heavy atom. The number of aliphatic carboxylic acids is 1. The van der Waals surface area contributed by atoms with Gasteiger partial charge in [-0.25, -0.2) is 0 Å². The summed E-state index contributed by atoms with van der Waals surface area (Å²) in [4.78, 5) is 29.5. The first kappa shape index (κ1) is 23.0. The summed E-state index contributed by atoms with van der Waals surface area (Å²) in [6.45, 7) is 4.23. The predicted octanol–water partition coefficient (Wildman–Crippen LogP) is 3.44. The smallest absolute Gasteiger partial charge is 0.196 e. The van der Waals surface area contributed by atoms with Crippen LogP contribution in [0.3, 0.4) is 0 Å². The quantitative estimate of drug-likeness (QED) is 0.396. The van der Waals surface area contributed by atoms with Crippen LogP contribution in [0.5, 0.6) is 0 Å². The third-order valence-electron chi connectivity index (χ3n) is 8.00. The number of carboxylic acid groups (broad SMARTS) is 1. The minimum absolute atomic E-state index is 0.0319. The first-order valence-electron chi connectivity index (χ1n) is 13.1. The summed E-state index contributed by atoms with van der Waals surface area (Å²) in [5.74, 6) is -0.519. The average Bonchev–Trinajstić information content (AvgIpc) is 3.36. The number of hydrogen-bond donors (Lipinski definition) is 1. The zero-order chi connectivity index (χ0) is 24.6. The normalized spacial score (nSPS) is 18.4. The molecule has 2 aromatic carbocycles. The van der Waals surface area contributed by atoms with Crippen LogP contribution in [0.4, 0.5) is 11.4 Å². The fourth-order valence-electron chi connectivity index (χ4n) is 6.15. The maximum absolute atomic E-state index is 13.6. The van der Waals surface area contributed by atoms with Gasteiger partial charge >= 0.3 is 0 Å². The van der Waals surface area contributed by atoms with Crippen molar-refractivity contribution in [3.8, 4) is 11.3 Å². The van der Waals surface area contributed by atoms with Crippen molar-refractivity contribution in [1.29, 1.82) is 0 Å². The van der Waals surface area contributed by atoms with E-state index in [4.69, 9.17) is 4.52 Å². The highest BCUT2D eigenvalue weighted by molar-refractivity contribution is 6.28. The van der Waals surface area contributed by atoms with Crippen LogP contribution in [0.1, 0.15) is 60.9 Å². The zero-order valence-corrected chi connectivity index (χ0v) is 20.4. The van der Waals surface area contributed by atoms with Crippen LogP contribution in [-0.2, 0) is 4.79 Å². The third-order valence-corrected chi connectivity index (χ3v) is 8.00. The zero-order valence-electron chi connectivity index (χ0n) is 20.4. The van der Waals surface area contributed by atoms with Gasteiger partial charge in [-0.2, -0.15) is 0 Å². The molecule has 36 heavy (non-hydrogen) atoms. The lowest BCUT2D eigenvalue weighted by atomic mass is 9.86. The lowest BCUT2D eigenvalue weighted by Gasteiger charge is -2.41. The summed E-state index contributed by atoms with van der Waals surface area (Å²) >= 11 is 0. The number of carboxylic acids is 1. The highest BCUT2D eigenvalue weighted by Crippen LogP contribution is 2.46. The number of carbonyl (C=O) groups is 2. The molecule has 3 aliphatic rings. The standard InChI is InChI=1S/C28H32N4O4/c33-23(34)11-6-12-29-21-17-22(32-15-13-31(14-16-32)18-7-2-1-3-8-18)26-25-24(21)27(35)19-9-4-5-10-20(19)28(25)36-30-26/h4-5,9-10,17-18,29H,1-3,6-8,11-16H2,(H,33,34)/p-1. The minimum atomic E-state index is -1.07. The monoisotopic (exact) mass is 487 g/mol. The van der Waals surface area contributed by atoms with Crippen LogP contribution in [0.15, 0.2) is 34.9 Å². The van der Waals surface area contributed by atoms with Crippen molar-refractivity contribution in [1.82, 2.24) is 10.1 Å². The Morgan fingerprint density at radius 1 is 1.08 bits per heavy atom. The molecule has 1 saturated heterocycles. The number of fused-ring (bicyclic) bond motifs is 2. The van der Waals surface area contributed by atoms with Gasteiger partial charge in [-0.15, -0.1) is 0 Å². The highest BCUT2D eigenvalue weighted by Gasteiger charge is 2.34. The lowest BCUT2D eigenvalue weighted by molar-refractivity contribution is -0.305. The van der Waals surface area contributed by atoms with E-state index in [2.05, 4.69) is 20.3 Å². The molecule has 1 aromatic heterocycles. The highest BCUT2D eigenvalue weighted by atomic mass is 16.5. The lowest BCUT2D eigenvalue weighted by Crippen LogP contribution is -2.51. The van der Waals surface area contributed by atoms with Crippen molar-refractivity contribution in [2.24, 2.45) is 0 Å². The Kier molecular flexibility index (Phi) is 6.13. The number of rotatable bonds is 7. The minimum Gasteiger partial charge on any atom is -0.550 e. The van der Waals surface area contributed by atoms with Gasteiger partial charge in [-0.1, -0.05) is 48.7 Å². The van der Waals surface area contributed by atoms with Crippen LogP contribution < -0.4 is 15.3 Å². The van der Waals surface area contributed by atoms with Gasteiger partial charge in [0.05, 0.1) is 16.6 Å². The Balaban J connectivity index is 1.36. The van der Waals surface area contributed by atoms with Gasteiger partial charge < -0.3 is 24.6 Å². The number of nitrogens with zero attached hydrogens (tertiary/aromatic N) is 3. The topological polar surface area (TPSA) is 102 Å². The molecule has 6 rings (SSSR count). The van der Waals surface area contributed by atoms with Crippen molar-refractivity contribution in [2.75, 3.05) is 42.9 Å². The van der Waals surface area contributed by atoms with Gasteiger partial charge in [-0.05, 0) is 31.7 Å². The maximum Gasteiger partial charge on any atom is 0.196 e. The van der Waals surface area contributed by atoms with Gasteiger partial charge in [-0.3, -0.25) is 9.69 Å². The largest absolute Gasteiger partial charge is 0.550 e. The molecular formula is C28H31N4O4-. The molecule has 2 aliphatic carbocycles. The van der Waals surface area contributed by atoms with Crippen molar-refractivity contribution in [3.05, 3.63) is 41.5 Å². The van der Waals surface area contributed by atoms with Crippen molar-refractivity contribution < 1.29 is 19.2 Å². The molecule has 0 atom stereocenters. The maximum atomic E-state index is 13.6. The molecule has 8 heteroatoms. The second kappa shape index (κ2) is 9.58. The van der Waals surface area contributed by atoms with E-state index in [1.165, 1.54) is 32.1 Å². The van der Waals surface area contributed by atoms with Crippen LogP contribution >= 0.6 is 0 Å². The fraction of sp³-hybridized carbons (Fsp3) is 0.464. The van der Waals surface area contributed by atoms with E-state index in [1.54, 1.807) is 0 Å². The molecule has 188 valence electrons. The molecule has 0 spiro atoms. The number of aromatic nitrogens is 1. The van der Waals surface area contributed by atoms with Gasteiger partial charge in [0.1, 0.15) is 5.52 Å². The summed E-state index contributed by atoms with van der Waals surface area (Å²) in [6.07, 6.45) is 7.00. The van der Waals surface area contributed by atoms with Gasteiger partial charge in [0.15, 0.2) is 11.5 Å². The summed E-state index contributed by atoms with van der Waals surface area (Å²) in [6, 6.07) is 10.2. The SMILES string of the molecule is O=C([O-])CCCNc1cc(N2CCN(C3CCCCC3)CC2)c2noc3c2c1C(=O)c1ccccc1-3. The molecule has 1 aliphatic heterocycles. The Morgan fingerprint density at radius 2 is 1.83 bits per heavy atom. The van der Waals surface area contributed by atoms with E-state index >= 15 is 0 Å². The Labute approximate surface area is 210 Å². The van der Waals surface area contributed by atoms with Gasteiger partial charge in [0, 0.05) is 61.5 Å². The van der Waals surface area contributed by atoms with E-state index in [-0.39, 0.29) is 12.2 Å².